The van der Waals surface area contributed by atoms with Crippen LogP contribution in [0.25, 0.3) is 0 Å². The lowest BCUT2D eigenvalue weighted by atomic mass is 10.0. The van der Waals surface area contributed by atoms with E-state index >= 15 is 0 Å². The number of carbonyl (C=O) groups excluding carboxylic acids is 1. The van der Waals surface area contributed by atoms with Crippen LogP contribution in [-0.4, -0.2) is 52.8 Å². The van der Waals surface area contributed by atoms with Crippen molar-refractivity contribution in [3.8, 4) is 0 Å². The van der Waals surface area contributed by atoms with Crippen LogP contribution in [0.5, 0.6) is 0 Å². The molecule has 0 aromatic rings. The Bertz CT molecular complexity index is 453. The largest absolute Gasteiger partial charge is 0.460 e. The van der Waals surface area contributed by atoms with Crippen LogP contribution in [0.1, 0.15) is 54.9 Å². The molecule has 0 aromatic heterocycles. The smallest absolute Gasteiger partial charge is 0.349 e. The molecule has 7 heteroatoms. The van der Waals surface area contributed by atoms with Crippen molar-refractivity contribution >= 4 is 14.5 Å². The molecule has 4 atom stereocenters. The van der Waals surface area contributed by atoms with Crippen LogP contribution >= 0.6 is 0 Å². The molecular weight excluding hydrogens is 328 g/mol. The van der Waals surface area contributed by atoms with Gasteiger partial charge < -0.3 is 23.1 Å². The SMILES string of the molecule is CO[C@@H]1C[C@@H](OC(C)=O)[C@@H]2O[Si](C(C)(C)C)(C(C)(C)C)OC[C@H]2O1. The summed E-state index contributed by atoms with van der Waals surface area (Å²) < 4.78 is 29.9. The number of hydrogen-bond acceptors (Lipinski definition) is 6. The van der Waals surface area contributed by atoms with Gasteiger partial charge in [-0.25, -0.2) is 0 Å². The molecule has 0 amide bonds. The van der Waals surface area contributed by atoms with Gasteiger partial charge in [0, 0.05) is 30.5 Å². The second-order valence-corrected chi connectivity index (χ2v) is 13.5. The Hall–Kier alpha value is -0.473. The van der Waals surface area contributed by atoms with Gasteiger partial charge in [0.2, 0.25) is 0 Å². The molecule has 0 saturated carbocycles. The summed E-state index contributed by atoms with van der Waals surface area (Å²) in [5.41, 5.74) is 0. The third kappa shape index (κ3) is 3.55. The van der Waals surface area contributed by atoms with Crippen molar-refractivity contribution in [2.75, 3.05) is 13.7 Å². The molecule has 0 aliphatic carbocycles. The van der Waals surface area contributed by atoms with Gasteiger partial charge in [-0.3, -0.25) is 4.79 Å². The minimum atomic E-state index is -2.63. The molecule has 0 spiro atoms. The minimum absolute atomic E-state index is 0.130. The summed E-state index contributed by atoms with van der Waals surface area (Å²) in [6.45, 7) is 14.8. The Morgan fingerprint density at radius 2 is 1.71 bits per heavy atom. The molecule has 2 rings (SSSR count). The standard InChI is InChI=1S/C17H32O6Si/c1-11(18)21-12-9-14(19-8)22-13-10-20-24(16(2,3)4,17(5,6)7)23-15(12)13/h12-15H,9-10H2,1-8H3/t12-,13-,14+,15+/m1/s1. The number of ether oxygens (including phenoxy) is 3. The highest BCUT2D eigenvalue weighted by molar-refractivity contribution is 6.73. The van der Waals surface area contributed by atoms with Gasteiger partial charge in [0.25, 0.3) is 0 Å². The average molecular weight is 361 g/mol. The van der Waals surface area contributed by atoms with E-state index in [-0.39, 0.29) is 34.4 Å². The number of methoxy groups -OCH3 is 1. The second kappa shape index (κ2) is 6.68. The van der Waals surface area contributed by atoms with Crippen LogP contribution in [0.4, 0.5) is 0 Å². The maximum atomic E-state index is 11.6. The molecule has 2 aliphatic heterocycles. The van der Waals surface area contributed by atoms with Gasteiger partial charge in [-0.2, -0.15) is 0 Å². The highest BCUT2D eigenvalue weighted by Crippen LogP contribution is 2.55. The van der Waals surface area contributed by atoms with Crippen molar-refractivity contribution in [2.45, 2.75) is 89.6 Å². The highest BCUT2D eigenvalue weighted by Gasteiger charge is 2.64. The van der Waals surface area contributed by atoms with Gasteiger partial charge in [0.1, 0.15) is 18.3 Å². The predicted octanol–water partition coefficient (Wildman–Crippen LogP) is 3.14. The number of esters is 1. The van der Waals surface area contributed by atoms with Gasteiger partial charge in [-0.1, -0.05) is 41.5 Å². The van der Waals surface area contributed by atoms with Crippen molar-refractivity contribution in [3.63, 3.8) is 0 Å². The number of hydrogen-bond donors (Lipinski definition) is 0. The van der Waals surface area contributed by atoms with Gasteiger partial charge >= 0.3 is 14.5 Å². The Labute approximate surface area is 146 Å². The van der Waals surface area contributed by atoms with Crippen LogP contribution in [0.2, 0.25) is 10.1 Å². The zero-order valence-corrected chi connectivity index (χ0v) is 17.2. The van der Waals surface area contributed by atoms with Crippen molar-refractivity contribution in [3.05, 3.63) is 0 Å². The quantitative estimate of drug-likeness (QED) is 0.557. The molecule has 2 aliphatic rings. The van der Waals surface area contributed by atoms with E-state index in [0.717, 1.165) is 0 Å². The van der Waals surface area contributed by atoms with Crippen molar-refractivity contribution in [2.24, 2.45) is 0 Å². The lowest BCUT2D eigenvalue weighted by Crippen LogP contribution is -2.69. The molecule has 0 radical (unpaired) electrons. The van der Waals surface area contributed by atoms with Crippen molar-refractivity contribution < 1.29 is 27.9 Å². The average Bonchev–Trinajstić information content (AvgIpc) is 2.43. The first kappa shape index (κ1) is 19.8. The van der Waals surface area contributed by atoms with E-state index in [1.807, 2.05) is 0 Å². The number of fused-ring (bicyclic) bond motifs is 1. The van der Waals surface area contributed by atoms with E-state index in [2.05, 4.69) is 41.5 Å². The molecule has 0 aromatic carbocycles. The fourth-order valence-corrected chi connectivity index (χ4v) is 8.97. The summed E-state index contributed by atoms with van der Waals surface area (Å²) in [6.07, 6.45) is -0.943. The minimum Gasteiger partial charge on any atom is -0.460 e. The molecular formula is C17H32O6Si. The van der Waals surface area contributed by atoms with Crippen molar-refractivity contribution in [1.82, 2.24) is 0 Å². The lowest BCUT2D eigenvalue weighted by Gasteiger charge is -2.56. The van der Waals surface area contributed by atoms with Crippen LogP contribution in [0, 0.1) is 0 Å². The number of carbonyl (C=O) groups is 1. The van der Waals surface area contributed by atoms with Crippen molar-refractivity contribution in [1.29, 1.82) is 0 Å². The molecule has 24 heavy (non-hydrogen) atoms. The predicted molar refractivity (Wildman–Crippen MR) is 91.9 cm³/mol. The van der Waals surface area contributed by atoms with Gasteiger partial charge in [-0.05, 0) is 0 Å². The van der Waals surface area contributed by atoms with Crippen LogP contribution in [-0.2, 0) is 27.9 Å². The Kier molecular flexibility index (Phi) is 5.53. The zero-order chi connectivity index (χ0) is 18.3. The molecule has 0 unspecified atom stereocenters. The summed E-state index contributed by atoms with van der Waals surface area (Å²) in [5.74, 6) is -0.315. The molecule has 0 bridgehead atoms. The lowest BCUT2D eigenvalue weighted by molar-refractivity contribution is -0.264. The molecule has 2 saturated heterocycles. The summed E-state index contributed by atoms with van der Waals surface area (Å²) in [6, 6.07) is 0. The second-order valence-electron chi connectivity index (χ2n) is 8.73. The third-order valence-corrected chi connectivity index (χ3v) is 9.92. The molecule has 0 N–H and O–H groups in total. The zero-order valence-electron chi connectivity index (χ0n) is 16.2. The summed E-state index contributed by atoms with van der Waals surface area (Å²) in [5, 5.41) is -0.260. The van der Waals surface area contributed by atoms with Crippen LogP contribution in [0.15, 0.2) is 0 Å². The number of rotatable bonds is 2. The molecule has 2 heterocycles. The van der Waals surface area contributed by atoms with Gasteiger partial charge in [0.05, 0.1) is 6.61 Å². The van der Waals surface area contributed by atoms with Gasteiger partial charge in [0.15, 0.2) is 6.29 Å². The molecule has 6 nitrogen and oxygen atoms in total. The first-order valence-electron chi connectivity index (χ1n) is 8.58. The van der Waals surface area contributed by atoms with Crippen LogP contribution in [0.3, 0.4) is 0 Å². The monoisotopic (exact) mass is 360 g/mol. The van der Waals surface area contributed by atoms with E-state index in [1.54, 1.807) is 7.11 Å². The fraction of sp³-hybridized carbons (Fsp3) is 0.941. The third-order valence-electron chi connectivity index (χ3n) is 4.79. The van der Waals surface area contributed by atoms with E-state index in [0.29, 0.717) is 13.0 Å². The highest BCUT2D eigenvalue weighted by atomic mass is 28.4. The molecule has 2 fully saturated rings. The van der Waals surface area contributed by atoms with E-state index in [1.165, 1.54) is 6.92 Å². The molecule has 140 valence electrons. The maximum Gasteiger partial charge on any atom is 0.349 e. The normalized spacial score (nSPS) is 33.7. The first-order chi connectivity index (χ1) is 10.9. The topological polar surface area (TPSA) is 63.2 Å². The van der Waals surface area contributed by atoms with Gasteiger partial charge in [-0.15, -0.1) is 0 Å². The van der Waals surface area contributed by atoms with E-state index < -0.39 is 14.9 Å². The van der Waals surface area contributed by atoms with Crippen LogP contribution < -0.4 is 0 Å². The summed E-state index contributed by atoms with van der Waals surface area (Å²) in [4.78, 5) is 11.6. The van der Waals surface area contributed by atoms with E-state index in [4.69, 9.17) is 23.1 Å². The Morgan fingerprint density at radius 1 is 1.12 bits per heavy atom. The Morgan fingerprint density at radius 3 is 2.17 bits per heavy atom. The summed E-state index contributed by atoms with van der Waals surface area (Å²) >= 11 is 0. The Balaban J connectivity index is 2.34. The maximum absolute atomic E-state index is 11.6. The first-order valence-corrected chi connectivity index (χ1v) is 10.4. The summed E-state index contributed by atoms with van der Waals surface area (Å²) in [7, 11) is -1.04. The van der Waals surface area contributed by atoms with E-state index in [9.17, 15) is 4.79 Å². The fourth-order valence-electron chi connectivity index (χ4n) is 3.99.